The fraction of sp³-hybridized carbons (Fsp3) is 0.667. The highest BCUT2D eigenvalue weighted by Crippen LogP contribution is 2.42. The van der Waals surface area contributed by atoms with E-state index in [1.165, 1.54) is 12.8 Å². The molecule has 1 N–H and O–H groups in total. The van der Waals surface area contributed by atoms with Crippen LogP contribution in [0.4, 0.5) is 4.79 Å². The first-order valence-electron chi connectivity index (χ1n) is 11.9. The highest BCUT2D eigenvalue weighted by Gasteiger charge is 2.44. The van der Waals surface area contributed by atoms with E-state index < -0.39 is 12.1 Å². The number of esters is 1. The van der Waals surface area contributed by atoms with Gasteiger partial charge in [0.15, 0.2) is 5.75 Å². The topological polar surface area (TPSA) is 77.1 Å². The van der Waals surface area contributed by atoms with Gasteiger partial charge in [-0.25, -0.2) is 4.79 Å². The highest BCUT2D eigenvalue weighted by molar-refractivity contribution is 9.09. The Labute approximate surface area is 208 Å². The zero-order valence-electron chi connectivity index (χ0n) is 18.9. The molecule has 1 aliphatic carbocycles. The third kappa shape index (κ3) is 5.84. The Hall–Kier alpha value is -1.35. The summed E-state index contributed by atoms with van der Waals surface area (Å²) in [5.74, 6) is 0.507. The van der Waals surface area contributed by atoms with Crippen LogP contribution in [-0.4, -0.2) is 66.8 Å². The summed E-state index contributed by atoms with van der Waals surface area (Å²) in [6, 6.07) is 5.25. The first-order valence-corrected chi connectivity index (χ1v) is 13.2. The molecule has 7 nitrogen and oxygen atoms in total. The predicted octanol–water partition coefficient (Wildman–Crippen LogP) is 4.50. The van der Waals surface area contributed by atoms with Crippen LogP contribution in [-0.2, 0) is 14.3 Å². The van der Waals surface area contributed by atoms with Crippen LogP contribution in [0.25, 0.3) is 0 Å². The summed E-state index contributed by atoms with van der Waals surface area (Å²) in [6.07, 6.45) is 5.17. The Morgan fingerprint density at radius 3 is 2.70 bits per heavy atom. The summed E-state index contributed by atoms with van der Waals surface area (Å²) in [5, 5.41) is 3.94. The van der Waals surface area contributed by atoms with Crippen molar-refractivity contribution in [1.82, 2.24) is 10.2 Å². The predicted molar refractivity (Wildman–Crippen MR) is 129 cm³/mol. The quantitative estimate of drug-likeness (QED) is 0.435. The minimum Gasteiger partial charge on any atom is -0.465 e. The van der Waals surface area contributed by atoms with Crippen molar-refractivity contribution in [3.8, 4) is 5.75 Å². The van der Waals surface area contributed by atoms with Gasteiger partial charge in [-0.2, -0.15) is 0 Å². The third-order valence-corrected chi connectivity index (χ3v) is 8.38. The highest BCUT2D eigenvalue weighted by atomic mass is 79.9. The molecule has 5 unspecified atom stereocenters. The van der Waals surface area contributed by atoms with Gasteiger partial charge in [-0.05, 0) is 49.8 Å². The number of ether oxygens (including phenoxy) is 3. The van der Waals surface area contributed by atoms with Gasteiger partial charge in [-0.3, -0.25) is 4.79 Å². The number of carbonyl (C=O) groups excluding carboxylic acids is 2. The largest absolute Gasteiger partial charge is 0.465 e. The number of nitrogens with one attached hydrogen (secondary N) is 1. The maximum Gasteiger partial charge on any atom is 0.415 e. The van der Waals surface area contributed by atoms with Crippen molar-refractivity contribution in [2.75, 3.05) is 32.9 Å². The average Bonchev–Trinajstić information content (AvgIpc) is 3.27. The van der Waals surface area contributed by atoms with Gasteiger partial charge in [0.1, 0.15) is 6.04 Å². The van der Waals surface area contributed by atoms with Crippen LogP contribution in [0.2, 0.25) is 5.02 Å². The van der Waals surface area contributed by atoms with Crippen molar-refractivity contribution in [1.29, 1.82) is 0 Å². The SMILES string of the molecule is CCOC(=O)C1NC(C2CCCCC2Br)CC1c1ccc(OC(=O)N2CCOCC2)c(Cl)c1. The number of hydrogen-bond acceptors (Lipinski definition) is 6. The molecule has 1 amide bonds. The lowest BCUT2D eigenvalue weighted by atomic mass is 9.81. The van der Waals surface area contributed by atoms with E-state index in [0.29, 0.717) is 54.4 Å². The van der Waals surface area contributed by atoms with Crippen molar-refractivity contribution < 1.29 is 23.8 Å². The van der Waals surface area contributed by atoms with Gasteiger partial charge in [0.05, 0.1) is 24.8 Å². The molecule has 1 saturated carbocycles. The number of morpholine rings is 1. The molecule has 0 radical (unpaired) electrons. The number of nitrogens with zero attached hydrogens (tertiary/aromatic N) is 1. The molecule has 4 rings (SSSR count). The molecular weight excluding hydrogens is 512 g/mol. The molecule has 0 spiro atoms. The van der Waals surface area contributed by atoms with Crippen molar-refractivity contribution in [3.63, 3.8) is 0 Å². The smallest absolute Gasteiger partial charge is 0.415 e. The average molecular weight is 544 g/mol. The van der Waals surface area contributed by atoms with Crippen LogP contribution in [0.3, 0.4) is 0 Å². The monoisotopic (exact) mass is 542 g/mol. The van der Waals surface area contributed by atoms with E-state index in [1.807, 2.05) is 19.1 Å². The molecule has 2 heterocycles. The summed E-state index contributed by atoms with van der Waals surface area (Å²) in [5.41, 5.74) is 0.946. The maximum atomic E-state index is 12.8. The molecule has 3 fully saturated rings. The molecule has 1 aromatic carbocycles. The lowest BCUT2D eigenvalue weighted by Crippen LogP contribution is -2.44. The van der Waals surface area contributed by atoms with E-state index in [0.717, 1.165) is 24.8 Å². The summed E-state index contributed by atoms with van der Waals surface area (Å²) < 4.78 is 16.2. The van der Waals surface area contributed by atoms with Crippen molar-refractivity contribution in [2.45, 2.75) is 61.9 Å². The summed E-state index contributed by atoms with van der Waals surface area (Å²) >= 11 is 10.4. The summed E-state index contributed by atoms with van der Waals surface area (Å²) in [7, 11) is 0. The van der Waals surface area contributed by atoms with Crippen LogP contribution in [0.15, 0.2) is 18.2 Å². The molecule has 0 bridgehead atoms. The molecule has 2 aliphatic heterocycles. The van der Waals surface area contributed by atoms with Gasteiger partial charge in [-0.15, -0.1) is 0 Å². The van der Waals surface area contributed by atoms with Crippen molar-refractivity contribution in [3.05, 3.63) is 28.8 Å². The standard InChI is InChI=1S/C24H32BrClN2O5/c1-2-32-23(29)22-17(14-20(27-22)16-5-3-4-6-18(16)25)15-7-8-21(19(26)13-15)33-24(30)28-9-11-31-12-10-28/h7-8,13,16-18,20,22,27H,2-6,9-12,14H2,1H3. The van der Waals surface area contributed by atoms with E-state index in [2.05, 4.69) is 21.2 Å². The Morgan fingerprint density at radius 1 is 1.24 bits per heavy atom. The van der Waals surface area contributed by atoms with Gasteiger partial charge < -0.3 is 24.4 Å². The zero-order valence-corrected chi connectivity index (χ0v) is 21.3. The normalized spacial score (nSPS) is 30.2. The second-order valence-corrected chi connectivity index (χ2v) is 10.5. The molecule has 1 aromatic rings. The Kier molecular flexibility index (Phi) is 8.54. The molecule has 9 heteroatoms. The second kappa shape index (κ2) is 11.4. The van der Waals surface area contributed by atoms with Gasteiger partial charge in [-0.1, -0.05) is 46.4 Å². The lowest BCUT2D eigenvalue weighted by molar-refractivity contribution is -0.145. The van der Waals surface area contributed by atoms with E-state index in [9.17, 15) is 9.59 Å². The molecule has 2 saturated heterocycles. The van der Waals surface area contributed by atoms with Crippen LogP contribution < -0.4 is 10.1 Å². The number of amides is 1. The number of rotatable bonds is 5. The number of carbonyl (C=O) groups is 2. The molecular formula is C24H32BrClN2O5. The third-order valence-electron chi connectivity index (χ3n) is 6.94. The number of halogens is 2. The zero-order chi connectivity index (χ0) is 23.4. The van der Waals surface area contributed by atoms with Crippen molar-refractivity contribution in [2.24, 2.45) is 5.92 Å². The molecule has 0 aromatic heterocycles. The summed E-state index contributed by atoms with van der Waals surface area (Å²) in [4.78, 5) is 27.3. The maximum absolute atomic E-state index is 12.8. The molecule has 182 valence electrons. The first-order chi connectivity index (χ1) is 16.0. The number of benzene rings is 1. The van der Waals surface area contributed by atoms with E-state index in [-0.39, 0.29) is 17.9 Å². The number of hydrogen-bond donors (Lipinski definition) is 1. The van der Waals surface area contributed by atoms with Crippen LogP contribution in [0.1, 0.15) is 50.5 Å². The van der Waals surface area contributed by atoms with Gasteiger partial charge in [0, 0.05) is 29.9 Å². The Morgan fingerprint density at radius 2 is 2.00 bits per heavy atom. The lowest BCUT2D eigenvalue weighted by Gasteiger charge is -2.32. The Balaban J connectivity index is 1.50. The summed E-state index contributed by atoms with van der Waals surface area (Å²) in [6.45, 7) is 4.17. The van der Waals surface area contributed by atoms with Crippen LogP contribution in [0.5, 0.6) is 5.75 Å². The van der Waals surface area contributed by atoms with Crippen molar-refractivity contribution >= 4 is 39.6 Å². The van der Waals surface area contributed by atoms with Gasteiger partial charge in [0.25, 0.3) is 0 Å². The minimum absolute atomic E-state index is 0.0582. The molecule has 5 atom stereocenters. The second-order valence-electron chi connectivity index (χ2n) is 8.97. The fourth-order valence-electron chi connectivity index (χ4n) is 5.22. The fourth-order valence-corrected chi connectivity index (χ4v) is 6.40. The van der Waals surface area contributed by atoms with Gasteiger partial charge >= 0.3 is 12.1 Å². The molecule has 33 heavy (non-hydrogen) atoms. The van der Waals surface area contributed by atoms with E-state index in [4.69, 9.17) is 25.8 Å². The van der Waals surface area contributed by atoms with Gasteiger partial charge in [0.2, 0.25) is 0 Å². The van der Waals surface area contributed by atoms with E-state index in [1.54, 1.807) is 11.0 Å². The van der Waals surface area contributed by atoms with Crippen LogP contribution >= 0.6 is 27.5 Å². The first kappa shape index (κ1) is 24.8. The molecule has 3 aliphatic rings. The Bertz CT molecular complexity index is 850. The minimum atomic E-state index is -0.430. The van der Waals surface area contributed by atoms with E-state index >= 15 is 0 Å². The van der Waals surface area contributed by atoms with Crippen LogP contribution in [0, 0.1) is 5.92 Å². The number of alkyl halides is 1.